The molecular weight excluding hydrogens is 337 g/mol. The summed E-state index contributed by atoms with van der Waals surface area (Å²) >= 11 is 0. The van der Waals surface area contributed by atoms with Crippen LogP contribution in [0.4, 0.5) is 10.1 Å². The molecule has 2 aromatic carbocycles. The lowest BCUT2D eigenvalue weighted by atomic mass is 10.1. The van der Waals surface area contributed by atoms with Gasteiger partial charge in [0, 0.05) is 24.1 Å². The first kappa shape index (κ1) is 19.3. The maximum atomic E-state index is 12.8. The van der Waals surface area contributed by atoms with Crippen molar-refractivity contribution in [1.82, 2.24) is 0 Å². The van der Waals surface area contributed by atoms with Crippen LogP contribution in [0.2, 0.25) is 0 Å². The van der Waals surface area contributed by atoms with Crippen LogP contribution in [-0.4, -0.2) is 23.8 Å². The molecule has 5 nitrogen and oxygen atoms in total. The fraction of sp³-hybridized carbons (Fsp3) is 0.250. The van der Waals surface area contributed by atoms with E-state index in [9.17, 15) is 18.8 Å². The summed E-state index contributed by atoms with van der Waals surface area (Å²) in [6, 6.07) is 14.0. The summed E-state index contributed by atoms with van der Waals surface area (Å²) < 4.78 is 17.9. The van der Waals surface area contributed by atoms with Gasteiger partial charge in [0.25, 0.3) is 0 Å². The third-order valence-electron chi connectivity index (χ3n) is 3.65. The quantitative estimate of drug-likeness (QED) is 0.577. The first-order valence-corrected chi connectivity index (χ1v) is 8.30. The lowest BCUT2D eigenvalue weighted by Gasteiger charge is -2.12. The van der Waals surface area contributed by atoms with Crippen molar-refractivity contribution in [3.63, 3.8) is 0 Å². The molecule has 0 unspecified atom stereocenters. The molecule has 0 aromatic heterocycles. The molecule has 1 amide bonds. The van der Waals surface area contributed by atoms with Crippen molar-refractivity contribution in [2.24, 2.45) is 0 Å². The number of benzene rings is 2. The Kier molecular flexibility index (Phi) is 7.02. The lowest BCUT2D eigenvalue weighted by Crippen LogP contribution is -2.24. The lowest BCUT2D eigenvalue weighted by molar-refractivity contribution is -0.146. The monoisotopic (exact) mass is 357 g/mol. The second-order valence-electron chi connectivity index (χ2n) is 5.77. The minimum Gasteiger partial charge on any atom is -0.454 e. The van der Waals surface area contributed by atoms with Crippen LogP contribution < -0.4 is 5.32 Å². The maximum absolute atomic E-state index is 12.8. The number of carbonyl (C=O) groups is 3. The van der Waals surface area contributed by atoms with E-state index in [2.05, 4.69) is 5.32 Å². The van der Waals surface area contributed by atoms with Crippen molar-refractivity contribution >= 4 is 23.3 Å². The summed E-state index contributed by atoms with van der Waals surface area (Å²) in [6.07, 6.45) is -0.438. The first-order chi connectivity index (χ1) is 12.5. The van der Waals surface area contributed by atoms with Gasteiger partial charge in [-0.1, -0.05) is 30.3 Å². The highest BCUT2D eigenvalue weighted by molar-refractivity contribution is 6.00. The Morgan fingerprint density at radius 2 is 1.65 bits per heavy atom. The molecule has 2 rings (SSSR count). The van der Waals surface area contributed by atoms with Gasteiger partial charge in [-0.3, -0.25) is 14.4 Å². The Hall–Kier alpha value is -3.02. The highest BCUT2D eigenvalue weighted by atomic mass is 19.1. The van der Waals surface area contributed by atoms with E-state index in [0.717, 1.165) is 0 Å². The molecule has 136 valence electrons. The van der Waals surface area contributed by atoms with Gasteiger partial charge in [-0.15, -0.1) is 0 Å². The number of nitrogens with one attached hydrogen (secondary N) is 1. The summed E-state index contributed by atoms with van der Waals surface area (Å²) in [6.45, 7) is 1.52. The molecule has 0 aliphatic heterocycles. The minimum absolute atomic E-state index is 0.0310. The van der Waals surface area contributed by atoms with Crippen LogP contribution in [0.15, 0.2) is 54.6 Å². The Morgan fingerprint density at radius 3 is 2.31 bits per heavy atom. The molecule has 0 radical (unpaired) electrons. The highest BCUT2D eigenvalue weighted by Crippen LogP contribution is 2.11. The summed E-state index contributed by atoms with van der Waals surface area (Å²) in [5.74, 6) is -1.47. The second-order valence-corrected chi connectivity index (χ2v) is 5.77. The van der Waals surface area contributed by atoms with Gasteiger partial charge in [-0.2, -0.15) is 0 Å². The van der Waals surface area contributed by atoms with Gasteiger partial charge in [0.2, 0.25) is 11.7 Å². The van der Waals surface area contributed by atoms with E-state index >= 15 is 0 Å². The molecule has 0 spiro atoms. The smallest absolute Gasteiger partial charge is 0.306 e. The second kappa shape index (κ2) is 9.46. The maximum Gasteiger partial charge on any atom is 0.306 e. The Balaban J connectivity index is 1.70. The molecule has 0 fully saturated rings. The van der Waals surface area contributed by atoms with E-state index in [1.807, 2.05) is 0 Å². The van der Waals surface area contributed by atoms with Crippen molar-refractivity contribution < 1.29 is 23.5 Å². The highest BCUT2D eigenvalue weighted by Gasteiger charge is 2.19. The molecule has 1 atom stereocenters. The zero-order valence-electron chi connectivity index (χ0n) is 14.4. The number of amides is 1. The molecule has 26 heavy (non-hydrogen) atoms. The van der Waals surface area contributed by atoms with Gasteiger partial charge >= 0.3 is 5.97 Å². The molecule has 0 saturated carbocycles. The van der Waals surface area contributed by atoms with Crippen LogP contribution in [-0.2, 0) is 14.3 Å². The molecule has 2 aromatic rings. The van der Waals surface area contributed by atoms with Crippen LogP contribution in [0, 0.1) is 5.82 Å². The predicted octanol–water partition coefficient (Wildman–Crippen LogP) is 3.75. The number of rotatable bonds is 8. The zero-order valence-corrected chi connectivity index (χ0v) is 14.4. The number of Topliss-reactive ketones (excluding diaryl/α,β-unsaturated/α-hetero) is 1. The van der Waals surface area contributed by atoms with Crippen LogP contribution in [0.1, 0.15) is 36.5 Å². The standard InChI is InChI=1S/C20H20FNO4/c1-14(20(25)15-6-3-2-4-7-15)26-19(24)9-5-8-18(23)22-17-12-10-16(21)11-13-17/h2-4,6-7,10-14H,5,8-9H2,1H3,(H,22,23)/t14-/m0/s1. The number of ether oxygens (including phenoxy) is 1. The Labute approximate surface area is 151 Å². The number of carbonyl (C=O) groups excluding carboxylic acids is 3. The normalized spacial score (nSPS) is 11.5. The molecule has 0 aliphatic rings. The van der Waals surface area contributed by atoms with E-state index < -0.39 is 12.1 Å². The molecule has 0 aliphatic carbocycles. The van der Waals surface area contributed by atoms with Crippen LogP contribution in [0.25, 0.3) is 0 Å². The minimum atomic E-state index is -0.877. The van der Waals surface area contributed by atoms with Crippen molar-refractivity contribution in [1.29, 1.82) is 0 Å². The van der Waals surface area contributed by atoms with E-state index in [1.54, 1.807) is 30.3 Å². The number of ketones is 1. The average Bonchev–Trinajstić information content (AvgIpc) is 2.63. The largest absolute Gasteiger partial charge is 0.454 e. The van der Waals surface area contributed by atoms with Crippen molar-refractivity contribution in [2.45, 2.75) is 32.3 Å². The summed E-state index contributed by atoms with van der Waals surface area (Å²) in [4.78, 5) is 35.7. The molecule has 1 N–H and O–H groups in total. The number of esters is 1. The number of hydrogen-bond acceptors (Lipinski definition) is 4. The molecule has 0 bridgehead atoms. The van der Waals surface area contributed by atoms with Gasteiger partial charge < -0.3 is 10.1 Å². The van der Waals surface area contributed by atoms with Gasteiger partial charge in [0.05, 0.1) is 0 Å². The van der Waals surface area contributed by atoms with E-state index in [0.29, 0.717) is 11.3 Å². The molecule has 6 heteroatoms. The van der Waals surface area contributed by atoms with Crippen LogP contribution in [0.5, 0.6) is 0 Å². The summed E-state index contributed by atoms with van der Waals surface area (Å²) in [5, 5.41) is 2.61. The molecule has 0 saturated heterocycles. The zero-order chi connectivity index (χ0) is 18.9. The van der Waals surface area contributed by atoms with E-state index in [4.69, 9.17) is 4.74 Å². The Morgan fingerprint density at radius 1 is 1.00 bits per heavy atom. The van der Waals surface area contributed by atoms with Crippen molar-refractivity contribution in [2.75, 3.05) is 5.32 Å². The van der Waals surface area contributed by atoms with Crippen LogP contribution in [0.3, 0.4) is 0 Å². The van der Waals surface area contributed by atoms with Crippen molar-refractivity contribution in [3.05, 3.63) is 66.0 Å². The van der Waals surface area contributed by atoms with Gasteiger partial charge in [0.15, 0.2) is 6.10 Å². The Bertz CT molecular complexity index is 759. The van der Waals surface area contributed by atoms with E-state index in [-0.39, 0.29) is 36.8 Å². The van der Waals surface area contributed by atoms with Gasteiger partial charge in [-0.25, -0.2) is 4.39 Å². The number of anilines is 1. The van der Waals surface area contributed by atoms with Crippen LogP contribution >= 0.6 is 0 Å². The average molecular weight is 357 g/mol. The summed E-state index contributed by atoms with van der Waals surface area (Å²) in [5.41, 5.74) is 0.965. The number of hydrogen-bond donors (Lipinski definition) is 1. The topological polar surface area (TPSA) is 72.5 Å². The van der Waals surface area contributed by atoms with Crippen molar-refractivity contribution in [3.8, 4) is 0 Å². The third-order valence-corrected chi connectivity index (χ3v) is 3.65. The molecular formula is C20H20FNO4. The number of halogens is 1. The fourth-order valence-electron chi connectivity index (χ4n) is 2.30. The first-order valence-electron chi connectivity index (χ1n) is 8.30. The van der Waals surface area contributed by atoms with E-state index in [1.165, 1.54) is 31.2 Å². The SMILES string of the molecule is C[C@H](OC(=O)CCCC(=O)Nc1ccc(F)cc1)C(=O)c1ccccc1. The summed E-state index contributed by atoms with van der Waals surface area (Å²) in [7, 11) is 0. The van der Waals surface area contributed by atoms with Gasteiger partial charge in [-0.05, 0) is 37.6 Å². The third kappa shape index (κ3) is 6.12. The fourth-order valence-corrected chi connectivity index (χ4v) is 2.30. The van der Waals surface area contributed by atoms with Gasteiger partial charge in [0.1, 0.15) is 5.82 Å². The predicted molar refractivity (Wildman–Crippen MR) is 95.2 cm³/mol. The molecule has 0 heterocycles.